The summed E-state index contributed by atoms with van der Waals surface area (Å²) in [5.41, 5.74) is 1.39. The van der Waals surface area contributed by atoms with E-state index in [-0.39, 0.29) is 11.8 Å². The molecule has 0 aliphatic rings. The summed E-state index contributed by atoms with van der Waals surface area (Å²) in [6.07, 6.45) is 0.736. The van der Waals surface area contributed by atoms with Crippen LogP contribution < -0.4 is 15.4 Å². The number of hydrogen-bond acceptors (Lipinski definition) is 4. The van der Waals surface area contributed by atoms with E-state index in [1.165, 1.54) is 0 Å². The molecule has 0 heterocycles. The van der Waals surface area contributed by atoms with Crippen LogP contribution in [0, 0.1) is 0 Å². The maximum atomic E-state index is 12.5. The highest BCUT2D eigenvalue weighted by Gasteiger charge is 2.14. The van der Waals surface area contributed by atoms with Crippen molar-refractivity contribution in [2.45, 2.75) is 20.3 Å². The van der Waals surface area contributed by atoms with Gasteiger partial charge in [0.2, 0.25) is 0 Å². The van der Waals surface area contributed by atoms with Crippen LogP contribution in [0.25, 0.3) is 0 Å². The van der Waals surface area contributed by atoms with Crippen LogP contribution in [0.4, 0.5) is 5.69 Å². The zero-order chi connectivity index (χ0) is 19.5. The first kappa shape index (κ1) is 20.5. The number of para-hydroxylation sites is 1. The van der Waals surface area contributed by atoms with Crippen molar-refractivity contribution in [1.82, 2.24) is 5.32 Å². The van der Waals surface area contributed by atoms with Crippen LogP contribution in [0.15, 0.2) is 48.5 Å². The molecule has 0 unspecified atom stereocenters. The largest absolute Gasteiger partial charge is 0.494 e. The normalized spacial score (nSPS) is 10.3. The Hall–Kier alpha value is -2.86. The molecule has 0 spiro atoms. The standard InChI is InChI=1S/C21H26N2O4/c1-3-26-15-7-14-22-21(25)18-8-5-6-9-19(18)23-20(24)16-10-12-17(13-11-16)27-4-2/h5-6,8-13H,3-4,7,14-15H2,1-2H3,(H,22,25)(H,23,24). The third-order valence-electron chi connectivity index (χ3n) is 3.80. The zero-order valence-electron chi connectivity index (χ0n) is 15.8. The first-order chi connectivity index (χ1) is 13.2. The van der Waals surface area contributed by atoms with Gasteiger partial charge in [-0.05, 0) is 56.7 Å². The fourth-order valence-corrected chi connectivity index (χ4v) is 2.47. The van der Waals surface area contributed by atoms with E-state index >= 15 is 0 Å². The molecule has 0 aliphatic carbocycles. The van der Waals surface area contributed by atoms with Crippen molar-refractivity contribution in [3.8, 4) is 5.75 Å². The zero-order valence-corrected chi connectivity index (χ0v) is 15.8. The number of benzene rings is 2. The summed E-state index contributed by atoms with van der Waals surface area (Å²) < 4.78 is 10.6. The molecule has 2 N–H and O–H groups in total. The topological polar surface area (TPSA) is 76.7 Å². The first-order valence-electron chi connectivity index (χ1n) is 9.14. The van der Waals surface area contributed by atoms with Gasteiger partial charge in [-0.25, -0.2) is 0 Å². The van der Waals surface area contributed by atoms with Gasteiger partial charge in [0.25, 0.3) is 11.8 Å². The second-order valence-corrected chi connectivity index (χ2v) is 5.76. The number of amides is 2. The maximum Gasteiger partial charge on any atom is 0.255 e. The van der Waals surface area contributed by atoms with Crippen LogP contribution in [0.2, 0.25) is 0 Å². The van der Waals surface area contributed by atoms with Crippen LogP contribution in [0.5, 0.6) is 5.75 Å². The van der Waals surface area contributed by atoms with E-state index in [9.17, 15) is 9.59 Å². The highest BCUT2D eigenvalue weighted by atomic mass is 16.5. The van der Waals surface area contributed by atoms with E-state index in [4.69, 9.17) is 9.47 Å². The fraction of sp³-hybridized carbons (Fsp3) is 0.333. The Morgan fingerprint density at radius 2 is 1.67 bits per heavy atom. The molecule has 2 aromatic rings. The van der Waals surface area contributed by atoms with Crippen molar-refractivity contribution in [3.63, 3.8) is 0 Å². The molecular formula is C21H26N2O4. The maximum absolute atomic E-state index is 12.5. The van der Waals surface area contributed by atoms with E-state index in [1.54, 1.807) is 48.5 Å². The van der Waals surface area contributed by atoms with E-state index in [1.807, 2.05) is 13.8 Å². The van der Waals surface area contributed by atoms with Crippen molar-refractivity contribution in [2.75, 3.05) is 31.7 Å². The molecule has 0 atom stereocenters. The lowest BCUT2D eigenvalue weighted by Crippen LogP contribution is -2.26. The van der Waals surface area contributed by atoms with Gasteiger partial charge >= 0.3 is 0 Å². The van der Waals surface area contributed by atoms with Gasteiger partial charge in [-0.3, -0.25) is 9.59 Å². The Kier molecular flexibility index (Phi) is 8.32. The smallest absolute Gasteiger partial charge is 0.255 e. The quantitative estimate of drug-likeness (QED) is 0.628. The van der Waals surface area contributed by atoms with Gasteiger partial charge in [0.05, 0.1) is 17.9 Å². The molecule has 0 fully saturated rings. The van der Waals surface area contributed by atoms with E-state index < -0.39 is 0 Å². The van der Waals surface area contributed by atoms with Gasteiger partial charge in [0, 0.05) is 25.3 Å². The van der Waals surface area contributed by atoms with Gasteiger partial charge < -0.3 is 20.1 Å². The first-order valence-corrected chi connectivity index (χ1v) is 9.14. The molecule has 6 heteroatoms. The van der Waals surface area contributed by atoms with E-state index in [0.29, 0.717) is 48.9 Å². The lowest BCUT2D eigenvalue weighted by Gasteiger charge is -2.12. The molecule has 0 saturated heterocycles. The number of nitrogens with one attached hydrogen (secondary N) is 2. The Morgan fingerprint density at radius 3 is 2.37 bits per heavy atom. The summed E-state index contributed by atoms with van der Waals surface area (Å²) in [5, 5.41) is 5.65. The Labute approximate surface area is 159 Å². The highest BCUT2D eigenvalue weighted by Crippen LogP contribution is 2.18. The predicted octanol–water partition coefficient (Wildman–Crippen LogP) is 3.49. The second kappa shape index (κ2) is 11.0. The summed E-state index contributed by atoms with van der Waals surface area (Å²) >= 11 is 0. The Morgan fingerprint density at radius 1 is 0.926 bits per heavy atom. The summed E-state index contributed by atoms with van der Waals surface area (Å²) in [5.74, 6) is 0.199. The van der Waals surface area contributed by atoms with Gasteiger partial charge in [-0.15, -0.1) is 0 Å². The summed E-state index contributed by atoms with van der Waals surface area (Å²) in [6.45, 7) is 6.18. The van der Waals surface area contributed by atoms with E-state index in [0.717, 1.165) is 6.42 Å². The van der Waals surface area contributed by atoms with Crippen molar-refractivity contribution in [2.24, 2.45) is 0 Å². The molecular weight excluding hydrogens is 344 g/mol. The minimum Gasteiger partial charge on any atom is -0.494 e. The van der Waals surface area contributed by atoms with Gasteiger partial charge in [-0.1, -0.05) is 12.1 Å². The number of carbonyl (C=O) groups is 2. The van der Waals surface area contributed by atoms with Crippen LogP contribution >= 0.6 is 0 Å². The molecule has 0 radical (unpaired) electrons. The predicted molar refractivity (Wildman–Crippen MR) is 105 cm³/mol. The highest BCUT2D eigenvalue weighted by molar-refractivity contribution is 6.09. The molecule has 2 amide bonds. The Bertz CT molecular complexity index is 744. The van der Waals surface area contributed by atoms with Crippen molar-refractivity contribution >= 4 is 17.5 Å². The van der Waals surface area contributed by atoms with Crippen LogP contribution in [-0.2, 0) is 4.74 Å². The van der Waals surface area contributed by atoms with Crippen molar-refractivity contribution < 1.29 is 19.1 Å². The number of ether oxygens (including phenoxy) is 2. The summed E-state index contributed by atoms with van der Waals surface area (Å²) in [7, 11) is 0. The molecule has 0 saturated carbocycles. The van der Waals surface area contributed by atoms with Crippen LogP contribution in [0.1, 0.15) is 41.0 Å². The monoisotopic (exact) mass is 370 g/mol. The molecule has 0 bridgehead atoms. The molecule has 2 rings (SSSR count). The number of hydrogen-bond donors (Lipinski definition) is 2. The molecule has 0 aromatic heterocycles. The lowest BCUT2D eigenvalue weighted by atomic mass is 10.1. The Balaban J connectivity index is 1.99. The third-order valence-corrected chi connectivity index (χ3v) is 3.80. The van der Waals surface area contributed by atoms with Gasteiger partial charge in [0.15, 0.2) is 0 Å². The van der Waals surface area contributed by atoms with Gasteiger partial charge in [-0.2, -0.15) is 0 Å². The average molecular weight is 370 g/mol. The SMILES string of the molecule is CCOCCCNC(=O)c1ccccc1NC(=O)c1ccc(OCC)cc1. The van der Waals surface area contributed by atoms with E-state index in [2.05, 4.69) is 10.6 Å². The number of rotatable bonds is 10. The minimum absolute atomic E-state index is 0.228. The second-order valence-electron chi connectivity index (χ2n) is 5.76. The number of anilines is 1. The van der Waals surface area contributed by atoms with Crippen molar-refractivity contribution in [1.29, 1.82) is 0 Å². The third kappa shape index (κ3) is 6.42. The van der Waals surface area contributed by atoms with Crippen LogP contribution in [-0.4, -0.2) is 38.2 Å². The number of carbonyl (C=O) groups excluding carboxylic acids is 2. The fourth-order valence-electron chi connectivity index (χ4n) is 2.47. The molecule has 2 aromatic carbocycles. The van der Waals surface area contributed by atoms with Crippen molar-refractivity contribution in [3.05, 3.63) is 59.7 Å². The lowest BCUT2D eigenvalue weighted by molar-refractivity contribution is 0.0945. The van der Waals surface area contributed by atoms with Gasteiger partial charge in [0.1, 0.15) is 5.75 Å². The average Bonchev–Trinajstić information content (AvgIpc) is 2.69. The molecule has 27 heavy (non-hydrogen) atoms. The molecule has 6 nitrogen and oxygen atoms in total. The summed E-state index contributed by atoms with van der Waals surface area (Å²) in [4.78, 5) is 24.9. The minimum atomic E-state index is -0.283. The van der Waals surface area contributed by atoms with Crippen LogP contribution in [0.3, 0.4) is 0 Å². The summed E-state index contributed by atoms with van der Waals surface area (Å²) in [6, 6.07) is 13.8. The molecule has 0 aliphatic heterocycles. The molecule has 144 valence electrons.